The molecule has 1 aromatic carbocycles. The summed E-state index contributed by atoms with van der Waals surface area (Å²) in [5, 5.41) is 2.71. The van der Waals surface area contributed by atoms with Crippen LogP contribution in [-0.2, 0) is 4.74 Å². The first-order valence-corrected chi connectivity index (χ1v) is 14.4. The first-order valence-electron chi connectivity index (χ1n) is 14.4. The number of benzene rings is 1. The number of amides is 1. The van der Waals surface area contributed by atoms with Crippen LogP contribution in [0.25, 0.3) is 11.1 Å². The lowest BCUT2D eigenvalue weighted by atomic mass is 10.0. The molecular weight excluding hydrogens is 563 g/mol. The van der Waals surface area contributed by atoms with Crippen LogP contribution in [-0.4, -0.2) is 83.8 Å². The topological polar surface area (TPSA) is 107 Å². The minimum absolute atomic E-state index is 0.0125. The molecule has 2 fully saturated rings. The molecule has 10 nitrogen and oxygen atoms in total. The van der Waals surface area contributed by atoms with Gasteiger partial charge in [0.05, 0.1) is 29.1 Å². The van der Waals surface area contributed by atoms with Crippen molar-refractivity contribution in [1.82, 2.24) is 19.9 Å². The van der Waals surface area contributed by atoms with Gasteiger partial charge in [0.15, 0.2) is 0 Å². The Kier molecular flexibility index (Phi) is 9.02. The van der Waals surface area contributed by atoms with Crippen molar-refractivity contribution in [3.05, 3.63) is 64.1 Å². The molecule has 0 aliphatic carbocycles. The molecule has 2 aliphatic heterocycles. The summed E-state index contributed by atoms with van der Waals surface area (Å²) >= 11 is 0. The van der Waals surface area contributed by atoms with Crippen LogP contribution in [0.4, 0.5) is 30.5 Å². The molecule has 0 spiro atoms. The lowest BCUT2D eigenvalue weighted by Crippen LogP contribution is -2.46. The van der Waals surface area contributed by atoms with E-state index in [-0.39, 0.29) is 35.1 Å². The number of rotatable bonds is 8. The summed E-state index contributed by atoms with van der Waals surface area (Å²) in [5.74, 6) is -0.895. The maximum atomic E-state index is 15.8. The Bertz CT molecular complexity index is 1510. The van der Waals surface area contributed by atoms with E-state index in [0.29, 0.717) is 49.4 Å². The Morgan fingerprint density at radius 3 is 2.49 bits per heavy atom. The van der Waals surface area contributed by atoms with Crippen LogP contribution in [0, 0.1) is 5.82 Å². The summed E-state index contributed by atoms with van der Waals surface area (Å²) in [6.07, 6.45) is 1.84. The van der Waals surface area contributed by atoms with Gasteiger partial charge in [0.1, 0.15) is 5.82 Å². The van der Waals surface area contributed by atoms with Crippen LogP contribution < -0.4 is 20.7 Å². The fraction of sp³-hybridized carbons (Fsp3) is 0.467. The summed E-state index contributed by atoms with van der Waals surface area (Å²) in [7, 11) is 2.02. The average molecular weight is 600 g/mol. The number of H-pyrrole nitrogens is 1. The number of nitrogens with one attached hydrogen (secondary N) is 2. The molecule has 0 radical (unpaired) electrons. The second kappa shape index (κ2) is 12.7. The quantitative estimate of drug-likeness (QED) is 0.395. The molecule has 13 heteroatoms. The number of hydrogen-bond donors (Lipinski definition) is 2. The van der Waals surface area contributed by atoms with Crippen LogP contribution >= 0.6 is 0 Å². The molecule has 3 unspecified atom stereocenters. The zero-order valence-corrected chi connectivity index (χ0v) is 24.6. The number of likely N-dealkylation sites (N-methyl/N-ethyl adjacent to an activating group) is 1. The molecular formula is C30H36F3N7O3. The van der Waals surface area contributed by atoms with E-state index in [1.54, 1.807) is 0 Å². The van der Waals surface area contributed by atoms with Gasteiger partial charge in [0, 0.05) is 73.6 Å². The lowest BCUT2D eigenvalue weighted by molar-refractivity contribution is -0.00572. The maximum Gasteiger partial charge on any atom is 0.264 e. The Balaban J connectivity index is 1.50. The smallest absolute Gasteiger partial charge is 0.264 e. The third-order valence-electron chi connectivity index (χ3n) is 8.05. The number of hydrogen-bond acceptors (Lipinski definition) is 8. The van der Waals surface area contributed by atoms with Crippen molar-refractivity contribution in [2.75, 3.05) is 54.9 Å². The summed E-state index contributed by atoms with van der Waals surface area (Å²) in [6, 6.07) is 3.76. The Morgan fingerprint density at radius 1 is 1.14 bits per heavy atom. The SMILES string of the molecule is CCN(C)C1CCN(c2cc(F)c(-c3cnc(N4CC(C)OC(C)C4)nc3)cc2NC(=O)c2c[nH]c(=O)cc2C(F)F)C1. The Hall–Kier alpha value is -3.97. The highest BCUT2D eigenvalue weighted by Gasteiger charge is 2.29. The van der Waals surface area contributed by atoms with E-state index in [9.17, 15) is 18.4 Å². The van der Waals surface area contributed by atoms with Gasteiger partial charge in [0.25, 0.3) is 12.3 Å². The molecule has 2 aromatic heterocycles. The van der Waals surface area contributed by atoms with Crippen LogP contribution in [0.2, 0.25) is 0 Å². The molecule has 1 amide bonds. The van der Waals surface area contributed by atoms with E-state index in [4.69, 9.17) is 4.74 Å². The lowest BCUT2D eigenvalue weighted by Gasteiger charge is -2.35. The number of nitrogens with zero attached hydrogens (tertiary/aromatic N) is 5. The second-order valence-electron chi connectivity index (χ2n) is 11.2. The summed E-state index contributed by atoms with van der Waals surface area (Å²) < 4.78 is 49.0. The Labute approximate surface area is 247 Å². The summed E-state index contributed by atoms with van der Waals surface area (Å²) in [5.41, 5.74) is -0.605. The number of anilines is 3. The highest BCUT2D eigenvalue weighted by molar-refractivity contribution is 6.07. The van der Waals surface area contributed by atoms with Gasteiger partial charge in [0.2, 0.25) is 11.5 Å². The number of alkyl halides is 2. The number of aromatic amines is 1. The molecule has 2 N–H and O–H groups in total. The fourth-order valence-corrected chi connectivity index (χ4v) is 5.74. The molecule has 2 saturated heterocycles. The molecule has 43 heavy (non-hydrogen) atoms. The molecule has 5 rings (SSSR count). The van der Waals surface area contributed by atoms with Crippen molar-refractivity contribution >= 4 is 23.2 Å². The van der Waals surface area contributed by atoms with Gasteiger partial charge < -0.3 is 29.7 Å². The zero-order chi connectivity index (χ0) is 30.8. The normalized spacial score (nSPS) is 20.7. The van der Waals surface area contributed by atoms with Crippen LogP contribution in [0.1, 0.15) is 49.5 Å². The average Bonchev–Trinajstić information content (AvgIpc) is 3.47. The molecule has 3 aromatic rings. The fourth-order valence-electron chi connectivity index (χ4n) is 5.74. The van der Waals surface area contributed by atoms with Crippen molar-refractivity contribution in [1.29, 1.82) is 0 Å². The predicted molar refractivity (Wildman–Crippen MR) is 159 cm³/mol. The molecule has 0 bridgehead atoms. The van der Waals surface area contributed by atoms with E-state index in [2.05, 4.69) is 32.1 Å². The highest BCUT2D eigenvalue weighted by atomic mass is 19.3. The minimum atomic E-state index is -3.04. The van der Waals surface area contributed by atoms with E-state index in [1.165, 1.54) is 24.5 Å². The third-order valence-corrected chi connectivity index (χ3v) is 8.05. The van der Waals surface area contributed by atoms with Crippen LogP contribution in [0.3, 0.4) is 0 Å². The first-order chi connectivity index (χ1) is 20.5. The first kappa shape index (κ1) is 30.5. The standard InChI is InChI=1S/C30H36F3N7O3/c1-5-38(4)20-6-7-39(16-20)26-10-24(31)21(19-11-35-30(36-12-19)40-14-17(2)43-18(3)15-40)8-25(26)37-29(42)23-13-34-27(41)9-22(23)28(32)33/h8-13,17-18,20,28H,5-7,14-16H2,1-4H3,(H,34,41)(H,37,42). The van der Waals surface area contributed by atoms with Gasteiger partial charge in [-0.05, 0) is 46.0 Å². The molecule has 230 valence electrons. The zero-order valence-electron chi connectivity index (χ0n) is 24.6. The van der Waals surface area contributed by atoms with Crippen molar-refractivity contribution < 1.29 is 22.7 Å². The summed E-state index contributed by atoms with van der Waals surface area (Å²) in [4.78, 5) is 42.4. The van der Waals surface area contributed by atoms with Crippen molar-refractivity contribution in [2.24, 2.45) is 0 Å². The Morgan fingerprint density at radius 2 is 1.84 bits per heavy atom. The largest absolute Gasteiger partial charge is 0.372 e. The number of aromatic nitrogens is 3. The van der Waals surface area contributed by atoms with Gasteiger partial charge in [-0.15, -0.1) is 0 Å². The molecule has 3 atom stereocenters. The highest BCUT2D eigenvalue weighted by Crippen LogP contribution is 2.37. The number of pyridine rings is 1. The monoisotopic (exact) mass is 599 g/mol. The minimum Gasteiger partial charge on any atom is -0.372 e. The van der Waals surface area contributed by atoms with E-state index in [1.807, 2.05) is 30.7 Å². The van der Waals surface area contributed by atoms with E-state index in [0.717, 1.165) is 19.2 Å². The van der Waals surface area contributed by atoms with Crippen LogP contribution in [0.5, 0.6) is 0 Å². The van der Waals surface area contributed by atoms with Gasteiger partial charge in [-0.2, -0.15) is 0 Å². The summed E-state index contributed by atoms with van der Waals surface area (Å²) in [6.45, 7) is 9.31. The predicted octanol–water partition coefficient (Wildman–Crippen LogP) is 4.30. The van der Waals surface area contributed by atoms with Gasteiger partial charge in [-0.3, -0.25) is 9.59 Å². The second-order valence-corrected chi connectivity index (χ2v) is 11.2. The van der Waals surface area contributed by atoms with Crippen molar-refractivity contribution in [3.8, 4) is 11.1 Å². The number of ether oxygens (including phenoxy) is 1. The van der Waals surface area contributed by atoms with Crippen molar-refractivity contribution in [2.45, 2.75) is 51.9 Å². The third kappa shape index (κ3) is 6.67. The van der Waals surface area contributed by atoms with Gasteiger partial charge in [-0.1, -0.05) is 6.92 Å². The maximum absolute atomic E-state index is 15.8. The van der Waals surface area contributed by atoms with E-state index >= 15 is 4.39 Å². The molecule has 0 saturated carbocycles. The number of morpholine rings is 1. The number of carbonyl (C=O) groups is 1. The number of halogens is 3. The van der Waals surface area contributed by atoms with Gasteiger partial charge >= 0.3 is 0 Å². The number of carbonyl (C=O) groups excluding carboxylic acids is 1. The molecule has 4 heterocycles. The molecule has 2 aliphatic rings. The van der Waals surface area contributed by atoms with Crippen molar-refractivity contribution in [3.63, 3.8) is 0 Å². The van der Waals surface area contributed by atoms with E-state index < -0.39 is 29.3 Å². The van der Waals surface area contributed by atoms with Gasteiger partial charge in [-0.25, -0.2) is 23.1 Å². The van der Waals surface area contributed by atoms with Crippen LogP contribution in [0.15, 0.2) is 41.6 Å².